The first kappa shape index (κ1) is 21.9. The van der Waals surface area contributed by atoms with E-state index in [9.17, 15) is 14.4 Å². The van der Waals surface area contributed by atoms with E-state index in [0.29, 0.717) is 23.6 Å². The molecular formula is C22H19BrN2O4S. The molecule has 1 aliphatic rings. The number of anilines is 1. The lowest BCUT2D eigenvalue weighted by atomic mass is 10.2. The maximum atomic E-state index is 12.7. The van der Waals surface area contributed by atoms with Crippen molar-refractivity contribution in [1.82, 2.24) is 4.90 Å². The maximum absolute atomic E-state index is 12.7. The second-order valence-corrected chi connectivity index (χ2v) is 8.37. The lowest BCUT2D eigenvalue weighted by Crippen LogP contribution is -2.36. The number of aryl methyl sites for hydroxylation is 1. The van der Waals surface area contributed by atoms with Crippen LogP contribution in [0, 0.1) is 6.92 Å². The van der Waals surface area contributed by atoms with E-state index in [4.69, 9.17) is 4.74 Å². The van der Waals surface area contributed by atoms with Crippen molar-refractivity contribution >= 4 is 56.5 Å². The summed E-state index contributed by atoms with van der Waals surface area (Å²) in [7, 11) is 0. The number of halogens is 1. The van der Waals surface area contributed by atoms with Gasteiger partial charge in [-0.25, -0.2) is 0 Å². The van der Waals surface area contributed by atoms with Gasteiger partial charge in [0.2, 0.25) is 5.91 Å². The molecular weight excluding hydrogens is 468 g/mol. The smallest absolute Gasteiger partial charge is 0.294 e. The number of carbonyl (C=O) groups is 3. The van der Waals surface area contributed by atoms with Gasteiger partial charge in [0.05, 0.1) is 4.91 Å². The average Bonchev–Trinajstić information content (AvgIpc) is 2.96. The van der Waals surface area contributed by atoms with Gasteiger partial charge in [0.25, 0.3) is 11.1 Å². The van der Waals surface area contributed by atoms with Crippen molar-refractivity contribution in [2.45, 2.75) is 6.92 Å². The molecule has 0 bridgehead atoms. The molecule has 1 heterocycles. The van der Waals surface area contributed by atoms with Crippen LogP contribution in [0.4, 0.5) is 10.5 Å². The zero-order valence-electron chi connectivity index (χ0n) is 16.2. The highest BCUT2D eigenvalue weighted by Crippen LogP contribution is 2.34. The van der Waals surface area contributed by atoms with Gasteiger partial charge in [-0.05, 0) is 55.1 Å². The molecule has 0 spiro atoms. The van der Waals surface area contributed by atoms with Gasteiger partial charge in [-0.15, -0.1) is 0 Å². The predicted octanol–water partition coefficient (Wildman–Crippen LogP) is 5.00. The predicted molar refractivity (Wildman–Crippen MR) is 122 cm³/mol. The topological polar surface area (TPSA) is 75.7 Å². The summed E-state index contributed by atoms with van der Waals surface area (Å²) in [5, 5.41) is 2.20. The molecule has 3 rings (SSSR count). The van der Waals surface area contributed by atoms with Crippen molar-refractivity contribution in [1.29, 1.82) is 0 Å². The summed E-state index contributed by atoms with van der Waals surface area (Å²) in [4.78, 5) is 38.5. The molecule has 1 aliphatic heterocycles. The van der Waals surface area contributed by atoms with Crippen LogP contribution in [0.3, 0.4) is 0 Å². The molecule has 8 heteroatoms. The number of rotatable bonds is 7. The molecule has 2 aromatic rings. The summed E-state index contributed by atoms with van der Waals surface area (Å²) < 4.78 is 6.42. The van der Waals surface area contributed by atoms with E-state index in [1.165, 1.54) is 0 Å². The standard InChI is InChI=1S/C22H19BrN2O4S/c1-3-10-29-18-9-6-16(23)11-15(18)12-19-21(27)25(22(28)30-19)13-20(26)24-17-7-4-14(2)5-8-17/h3-9,11-12H,1,10,13H2,2H3,(H,24,26)/b19-12+. The second kappa shape index (κ2) is 9.77. The van der Waals surface area contributed by atoms with E-state index < -0.39 is 17.1 Å². The Kier molecular flexibility index (Phi) is 7.12. The first-order chi connectivity index (χ1) is 14.4. The van der Waals surface area contributed by atoms with Gasteiger partial charge in [-0.3, -0.25) is 19.3 Å². The van der Waals surface area contributed by atoms with E-state index in [1.54, 1.807) is 36.4 Å². The molecule has 6 nitrogen and oxygen atoms in total. The third kappa shape index (κ3) is 5.40. The van der Waals surface area contributed by atoms with E-state index in [2.05, 4.69) is 27.8 Å². The highest BCUT2D eigenvalue weighted by atomic mass is 79.9. The summed E-state index contributed by atoms with van der Waals surface area (Å²) in [6.07, 6.45) is 3.21. The molecule has 2 aromatic carbocycles. The van der Waals surface area contributed by atoms with E-state index in [1.807, 2.05) is 25.1 Å². The normalized spacial score (nSPS) is 14.9. The zero-order chi connectivity index (χ0) is 21.7. The van der Waals surface area contributed by atoms with E-state index >= 15 is 0 Å². The average molecular weight is 487 g/mol. The fourth-order valence-corrected chi connectivity index (χ4v) is 3.88. The van der Waals surface area contributed by atoms with Crippen LogP contribution in [-0.2, 0) is 9.59 Å². The van der Waals surface area contributed by atoms with Crippen LogP contribution >= 0.6 is 27.7 Å². The fraction of sp³-hybridized carbons (Fsp3) is 0.136. The van der Waals surface area contributed by atoms with Crippen molar-refractivity contribution in [3.8, 4) is 5.75 Å². The highest BCUT2D eigenvalue weighted by Gasteiger charge is 2.36. The first-order valence-corrected chi connectivity index (χ1v) is 10.6. The Morgan fingerprint density at radius 2 is 1.97 bits per heavy atom. The number of carbonyl (C=O) groups excluding carboxylic acids is 3. The largest absolute Gasteiger partial charge is 0.489 e. The minimum atomic E-state index is -0.515. The molecule has 0 unspecified atom stereocenters. The number of ether oxygens (including phenoxy) is 1. The fourth-order valence-electron chi connectivity index (χ4n) is 2.67. The minimum absolute atomic E-state index is 0.227. The molecule has 1 N–H and O–H groups in total. The Morgan fingerprint density at radius 3 is 2.67 bits per heavy atom. The molecule has 0 radical (unpaired) electrons. The number of thioether (sulfide) groups is 1. The number of nitrogens with zero attached hydrogens (tertiary/aromatic N) is 1. The van der Waals surface area contributed by atoms with Crippen LogP contribution in [0.1, 0.15) is 11.1 Å². The van der Waals surface area contributed by atoms with Crippen molar-refractivity contribution in [2.24, 2.45) is 0 Å². The summed E-state index contributed by atoms with van der Waals surface area (Å²) >= 11 is 4.19. The third-order valence-corrected chi connectivity index (χ3v) is 5.53. The molecule has 0 aliphatic carbocycles. The molecule has 1 fully saturated rings. The molecule has 0 saturated carbocycles. The van der Waals surface area contributed by atoms with Gasteiger partial charge < -0.3 is 10.1 Å². The van der Waals surface area contributed by atoms with Crippen LogP contribution < -0.4 is 10.1 Å². The molecule has 0 atom stereocenters. The lowest BCUT2D eigenvalue weighted by molar-refractivity contribution is -0.127. The summed E-state index contributed by atoms with van der Waals surface area (Å²) in [6, 6.07) is 12.6. The molecule has 0 aromatic heterocycles. The number of hydrogen-bond acceptors (Lipinski definition) is 5. The number of benzene rings is 2. The molecule has 3 amide bonds. The van der Waals surface area contributed by atoms with Gasteiger partial charge in [0.15, 0.2) is 0 Å². The Bertz CT molecular complexity index is 1030. The molecule has 1 saturated heterocycles. The van der Waals surface area contributed by atoms with Crippen LogP contribution in [0.2, 0.25) is 0 Å². The van der Waals surface area contributed by atoms with Crippen LogP contribution in [-0.4, -0.2) is 35.1 Å². The van der Waals surface area contributed by atoms with Gasteiger partial charge in [0.1, 0.15) is 18.9 Å². The van der Waals surface area contributed by atoms with E-state index in [-0.39, 0.29) is 11.4 Å². The monoisotopic (exact) mass is 486 g/mol. The Balaban J connectivity index is 1.74. The maximum Gasteiger partial charge on any atom is 0.294 e. The number of amides is 3. The van der Waals surface area contributed by atoms with Crippen LogP contribution in [0.5, 0.6) is 5.75 Å². The van der Waals surface area contributed by atoms with Gasteiger partial charge in [-0.2, -0.15) is 0 Å². The Hall–Kier alpha value is -2.84. The first-order valence-electron chi connectivity index (χ1n) is 9.02. The zero-order valence-corrected chi connectivity index (χ0v) is 18.6. The van der Waals surface area contributed by atoms with Crippen molar-refractivity contribution < 1.29 is 19.1 Å². The summed E-state index contributed by atoms with van der Waals surface area (Å²) in [5.41, 5.74) is 2.31. The summed E-state index contributed by atoms with van der Waals surface area (Å²) in [5.74, 6) is -0.402. The van der Waals surface area contributed by atoms with Crippen molar-refractivity contribution in [3.63, 3.8) is 0 Å². The van der Waals surface area contributed by atoms with Gasteiger partial charge in [0, 0.05) is 15.7 Å². The number of imide groups is 1. The Morgan fingerprint density at radius 1 is 1.23 bits per heavy atom. The number of nitrogens with one attached hydrogen (secondary N) is 1. The van der Waals surface area contributed by atoms with Gasteiger partial charge in [-0.1, -0.05) is 46.3 Å². The lowest BCUT2D eigenvalue weighted by Gasteiger charge is -2.12. The third-order valence-electron chi connectivity index (χ3n) is 4.13. The minimum Gasteiger partial charge on any atom is -0.489 e. The van der Waals surface area contributed by atoms with Crippen molar-refractivity contribution in [3.05, 3.63) is 75.6 Å². The molecule has 154 valence electrons. The Labute approximate surface area is 187 Å². The SMILES string of the molecule is C=CCOc1ccc(Br)cc1/C=C1/SC(=O)N(CC(=O)Nc2ccc(C)cc2)C1=O. The number of hydrogen-bond donors (Lipinski definition) is 1. The summed E-state index contributed by atoms with van der Waals surface area (Å²) in [6.45, 7) is 5.52. The second-order valence-electron chi connectivity index (χ2n) is 6.46. The highest BCUT2D eigenvalue weighted by molar-refractivity contribution is 9.10. The van der Waals surface area contributed by atoms with Crippen LogP contribution in [0.25, 0.3) is 6.08 Å². The van der Waals surface area contributed by atoms with E-state index in [0.717, 1.165) is 26.7 Å². The molecule has 30 heavy (non-hydrogen) atoms. The quantitative estimate of drug-likeness (QED) is 0.440. The van der Waals surface area contributed by atoms with Crippen molar-refractivity contribution in [2.75, 3.05) is 18.5 Å². The van der Waals surface area contributed by atoms with Gasteiger partial charge >= 0.3 is 0 Å². The van der Waals surface area contributed by atoms with Crippen LogP contribution in [0.15, 0.2) is 64.5 Å².